The smallest absolute Gasteiger partial charge is 0.335 e. The van der Waals surface area contributed by atoms with E-state index in [0.29, 0.717) is 10.7 Å². The van der Waals surface area contributed by atoms with E-state index in [-0.39, 0.29) is 11.3 Å². The van der Waals surface area contributed by atoms with E-state index in [4.69, 9.17) is 5.11 Å². The minimum absolute atomic E-state index is 0.180. The summed E-state index contributed by atoms with van der Waals surface area (Å²) in [6.45, 7) is 2.78. The van der Waals surface area contributed by atoms with Gasteiger partial charge in [-0.25, -0.2) is 14.5 Å². The molecule has 20 heavy (non-hydrogen) atoms. The summed E-state index contributed by atoms with van der Waals surface area (Å²) >= 11 is 0. The van der Waals surface area contributed by atoms with Crippen LogP contribution in [0.15, 0.2) is 35.5 Å². The van der Waals surface area contributed by atoms with Crippen LogP contribution in [0.25, 0.3) is 0 Å². The van der Waals surface area contributed by atoms with Gasteiger partial charge in [-0.3, -0.25) is 4.21 Å². The third-order valence-corrected chi connectivity index (χ3v) is 4.07. The lowest BCUT2D eigenvalue weighted by atomic mass is 10.2. The molecule has 1 aromatic carbocycles. The number of aryl methyl sites for hydroxylation is 1. The SMILES string of the molecule is CCCn1ncnc1CS(=O)c1ccc(C(=O)O)cc1. The maximum atomic E-state index is 12.2. The fourth-order valence-electron chi connectivity index (χ4n) is 1.75. The fourth-order valence-corrected chi connectivity index (χ4v) is 2.81. The molecule has 1 atom stereocenters. The summed E-state index contributed by atoms with van der Waals surface area (Å²) in [7, 11) is -1.26. The lowest BCUT2D eigenvalue weighted by molar-refractivity contribution is 0.0697. The Labute approximate surface area is 118 Å². The van der Waals surface area contributed by atoms with Crippen molar-refractivity contribution < 1.29 is 14.1 Å². The predicted octanol–water partition coefficient (Wildman–Crippen LogP) is 1.69. The number of rotatable bonds is 6. The average molecular weight is 293 g/mol. The summed E-state index contributed by atoms with van der Waals surface area (Å²) in [5.41, 5.74) is 0.180. The van der Waals surface area contributed by atoms with Crippen LogP contribution in [-0.2, 0) is 23.1 Å². The van der Waals surface area contributed by atoms with Crippen molar-refractivity contribution in [3.05, 3.63) is 42.0 Å². The van der Waals surface area contributed by atoms with Gasteiger partial charge in [0.1, 0.15) is 12.2 Å². The second-order valence-corrected chi connectivity index (χ2v) is 5.67. The van der Waals surface area contributed by atoms with Crippen LogP contribution in [0.1, 0.15) is 29.5 Å². The summed E-state index contributed by atoms with van der Waals surface area (Å²) in [4.78, 5) is 15.5. The fraction of sp³-hybridized carbons (Fsp3) is 0.308. The molecule has 0 saturated carbocycles. The largest absolute Gasteiger partial charge is 0.478 e. The first kappa shape index (κ1) is 14.4. The Morgan fingerprint density at radius 1 is 1.35 bits per heavy atom. The lowest BCUT2D eigenvalue weighted by Crippen LogP contribution is -2.08. The number of hydrogen-bond donors (Lipinski definition) is 1. The van der Waals surface area contributed by atoms with Crippen LogP contribution in [0.4, 0.5) is 0 Å². The molecule has 0 fully saturated rings. The van der Waals surface area contributed by atoms with Crippen molar-refractivity contribution in [2.45, 2.75) is 30.5 Å². The molecule has 1 heterocycles. The van der Waals surface area contributed by atoms with Crippen molar-refractivity contribution in [1.29, 1.82) is 0 Å². The summed E-state index contributed by atoms with van der Waals surface area (Å²) in [5.74, 6) is -0.0515. The molecule has 0 bridgehead atoms. The molecule has 1 unspecified atom stereocenters. The third kappa shape index (κ3) is 3.30. The van der Waals surface area contributed by atoms with E-state index in [1.165, 1.54) is 18.5 Å². The number of carboxylic acids is 1. The standard InChI is InChI=1S/C13H15N3O3S/c1-2-7-16-12(14-9-15-16)8-20(19)11-5-3-10(4-6-11)13(17)18/h3-6,9H,2,7-8H2,1H3,(H,17,18). The Bertz CT molecular complexity index is 622. The Hall–Kier alpha value is -2.02. The van der Waals surface area contributed by atoms with Gasteiger partial charge in [0.25, 0.3) is 0 Å². The highest BCUT2D eigenvalue weighted by molar-refractivity contribution is 7.84. The van der Waals surface area contributed by atoms with Crippen molar-refractivity contribution in [3.63, 3.8) is 0 Å². The number of carbonyl (C=O) groups is 1. The Kier molecular flexibility index (Phi) is 4.62. The molecule has 0 aliphatic carbocycles. The monoisotopic (exact) mass is 293 g/mol. The van der Waals surface area contributed by atoms with Crippen molar-refractivity contribution in [2.24, 2.45) is 0 Å². The zero-order valence-corrected chi connectivity index (χ0v) is 11.8. The summed E-state index contributed by atoms with van der Waals surface area (Å²) in [5, 5.41) is 12.9. The number of nitrogens with zero attached hydrogens (tertiary/aromatic N) is 3. The molecular weight excluding hydrogens is 278 g/mol. The Balaban J connectivity index is 2.11. The minimum atomic E-state index is -1.26. The van der Waals surface area contributed by atoms with Gasteiger partial charge in [0.2, 0.25) is 0 Å². The molecule has 7 heteroatoms. The van der Waals surface area contributed by atoms with E-state index < -0.39 is 16.8 Å². The number of aromatic nitrogens is 3. The van der Waals surface area contributed by atoms with Crippen LogP contribution in [0.2, 0.25) is 0 Å². The van der Waals surface area contributed by atoms with E-state index in [9.17, 15) is 9.00 Å². The molecule has 106 valence electrons. The van der Waals surface area contributed by atoms with Gasteiger partial charge >= 0.3 is 5.97 Å². The Morgan fingerprint density at radius 3 is 2.65 bits per heavy atom. The van der Waals surface area contributed by atoms with Gasteiger partial charge in [0.15, 0.2) is 0 Å². The van der Waals surface area contributed by atoms with E-state index in [1.807, 2.05) is 6.92 Å². The van der Waals surface area contributed by atoms with Crippen LogP contribution in [-0.4, -0.2) is 30.0 Å². The molecular formula is C13H15N3O3S. The quantitative estimate of drug-likeness (QED) is 0.876. The maximum absolute atomic E-state index is 12.2. The second kappa shape index (κ2) is 6.42. The second-order valence-electron chi connectivity index (χ2n) is 4.22. The van der Waals surface area contributed by atoms with E-state index in [0.717, 1.165) is 13.0 Å². The first-order valence-corrected chi connectivity index (χ1v) is 7.52. The molecule has 0 aliphatic heterocycles. The highest BCUT2D eigenvalue weighted by Crippen LogP contribution is 2.12. The van der Waals surface area contributed by atoms with E-state index in [1.54, 1.807) is 16.8 Å². The molecule has 6 nitrogen and oxygen atoms in total. The topological polar surface area (TPSA) is 85.1 Å². The Morgan fingerprint density at radius 2 is 2.05 bits per heavy atom. The van der Waals surface area contributed by atoms with Gasteiger partial charge in [0.05, 0.1) is 22.1 Å². The average Bonchev–Trinajstić information content (AvgIpc) is 2.86. The van der Waals surface area contributed by atoms with Gasteiger partial charge < -0.3 is 5.11 Å². The highest BCUT2D eigenvalue weighted by atomic mass is 32.2. The van der Waals surface area contributed by atoms with Crippen LogP contribution < -0.4 is 0 Å². The number of hydrogen-bond acceptors (Lipinski definition) is 4. The highest BCUT2D eigenvalue weighted by Gasteiger charge is 2.11. The van der Waals surface area contributed by atoms with Gasteiger partial charge in [-0.15, -0.1) is 0 Å². The van der Waals surface area contributed by atoms with Crippen LogP contribution >= 0.6 is 0 Å². The molecule has 0 spiro atoms. The summed E-state index contributed by atoms with van der Waals surface area (Å²) in [6.07, 6.45) is 2.38. The third-order valence-electron chi connectivity index (χ3n) is 2.76. The number of benzene rings is 1. The molecule has 2 rings (SSSR count). The zero-order valence-electron chi connectivity index (χ0n) is 11.0. The maximum Gasteiger partial charge on any atom is 0.335 e. The lowest BCUT2D eigenvalue weighted by Gasteiger charge is -2.05. The van der Waals surface area contributed by atoms with Gasteiger partial charge in [-0.05, 0) is 30.7 Å². The van der Waals surface area contributed by atoms with Crippen LogP contribution in [0.3, 0.4) is 0 Å². The minimum Gasteiger partial charge on any atom is -0.478 e. The van der Waals surface area contributed by atoms with Crippen LogP contribution in [0, 0.1) is 0 Å². The summed E-state index contributed by atoms with van der Waals surface area (Å²) < 4.78 is 14.0. The molecule has 0 radical (unpaired) electrons. The molecule has 0 aliphatic rings. The first-order valence-electron chi connectivity index (χ1n) is 6.20. The first-order chi connectivity index (χ1) is 9.61. The molecule has 1 N–H and O–H groups in total. The number of carboxylic acid groups (broad SMARTS) is 1. The van der Waals surface area contributed by atoms with Crippen molar-refractivity contribution in [2.75, 3.05) is 0 Å². The van der Waals surface area contributed by atoms with Crippen LogP contribution in [0.5, 0.6) is 0 Å². The van der Waals surface area contributed by atoms with Crippen molar-refractivity contribution in [1.82, 2.24) is 14.8 Å². The molecule has 1 aromatic heterocycles. The predicted molar refractivity (Wildman–Crippen MR) is 73.8 cm³/mol. The summed E-state index contributed by atoms with van der Waals surface area (Å²) in [6, 6.07) is 6.04. The van der Waals surface area contributed by atoms with Crippen molar-refractivity contribution >= 4 is 16.8 Å². The van der Waals surface area contributed by atoms with E-state index >= 15 is 0 Å². The van der Waals surface area contributed by atoms with Gasteiger partial charge in [-0.2, -0.15) is 5.10 Å². The normalized spacial score (nSPS) is 12.2. The molecule has 0 amide bonds. The van der Waals surface area contributed by atoms with Crippen molar-refractivity contribution in [3.8, 4) is 0 Å². The molecule has 0 saturated heterocycles. The van der Waals surface area contributed by atoms with Gasteiger partial charge in [-0.1, -0.05) is 6.92 Å². The van der Waals surface area contributed by atoms with Gasteiger partial charge in [0, 0.05) is 11.4 Å². The molecule has 2 aromatic rings. The number of aromatic carboxylic acids is 1. The van der Waals surface area contributed by atoms with E-state index in [2.05, 4.69) is 10.1 Å². The zero-order chi connectivity index (χ0) is 14.5.